The smallest absolute Gasteiger partial charge is 0.303 e. The molecule has 0 unspecified atom stereocenters. The van der Waals surface area contributed by atoms with E-state index >= 15 is 0 Å². The van der Waals surface area contributed by atoms with Gasteiger partial charge in [-0.25, -0.2) is 4.99 Å². The Hall–Kier alpha value is -4.67. The van der Waals surface area contributed by atoms with Gasteiger partial charge in [-0.05, 0) is 86.6 Å². The second-order valence-electron chi connectivity index (χ2n) is 10.5. The van der Waals surface area contributed by atoms with Crippen LogP contribution in [0.2, 0.25) is 0 Å². The third-order valence-electron chi connectivity index (χ3n) is 7.87. The summed E-state index contributed by atoms with van der Waals surface area (Å²) in [5.41, 5.74) is 7.97. The van der Waals surface area contributed by atoms with Crippen LogP contribution in [0.4, 0.5) is 0 Å². The summed E-state index contributed by atoms with van der Waals surface area (Å²) in [6.45, 7) is 14.8. The van der Waals surface area contributed by atoms with Crippen LogP contribution < -0.4 is 16.0 Å². The van der Waals surface area contributed by atoms with E-state index in [-0.39, 0.29) is 62.3 Å². The molecule has 0 atom stereocenters. The number of aromatic amines is 2. The Labute approximate surface area is 272 Å². The predicted octanol–water partition coefficient (Wildman–Crippen LogP) is 3.90. The van der Waals surface area contributed by atoms with Gasteiger partial charge in [-0.1, -0.05) is 25.3 Å². The number of hydrogen-bond donors (Lipinski definition) is 5. The van der Waals surface area contributed by atoms with Crippen molar-refractivity contribution in [3.8, 4) is 0 Å². The number of carboxylic acids is 2. The number of carbonyl (C=O) groups excluding carboxylic acids is 2. The highest BCUT2D eigenvalue weighted by molar-refractivity contribution is 6.31. The quantitative estimate of drug-likeness (QED) is 0.247. The van der Waals surface area contributed by atoms with Gasteiger partial charge in [-0.15, -0.1) is 24.8 Å². The highest BCUT2D eigenvalue weighted by atomic mass is 35.5. The van der Waals surface area contributed by atoms with Gasteiger partial charge in [-0.2, -0.15) is 0 Å². The van der Waals surface area contributed by atoms with E-state index in [1.54, 1.807) is 32.1 Å². The number of hydrogen-bond acceptors (Lipinski definition) is 4. The van der Waals surface area contributed by atoms with Crippen LogP contribution >= 0.6 is 24.8 Å². The van der Waals surface area contributed by atoms with E-state index in [2.05, 4.69) is 33.4 Å². The first-order valence-corrected chi connectivity index (χ1v) is 13.8. The fourth-order valence-electron chi connectivity index (χ4n) is 5.34. The largest absolute Gasteiger partial charge is 0.481 e. The summed E-state index contributed by atoms with van der Waals surface area (Å²) in [5, 5.41) is 23.0. The van der Waals surface area contributed by atoms with Gasteiger partial charge in [0.2, 0.25) is 0 Å². The Morgan fingerprint density at radius 3 is 1.91 bits per heavy atom. The molecule has 0 aliphatic carbocycles. The normalized spacial score (nSPS) is 16.2. The molecule has 0 bridgehead atoms. The van der Waals surface area contributed by atoms with Gasteiger partial charge in [0.25, 0.3) is 11.8 Å². The molecule has 2 aliphatic heterocycles. The highest BCUT2D eigenvalue weighted by Gasteiger charge is 2.23. The number of rotatable bonds is 11. The molecule has 0 saturated carbocycles. The van der Waals surface area contributed by atoms with Crippen molar-refractivity contribution >= 4 is 72.5 Å². The van der Waals surface area contributed by atoms with Gasteiger partial charge in [0.15, 0.2) is 0 Å². The van der Waals surface area contributed by atoms with E-state index in [0.717, 1.165) is 22.3 Å². The van der Waals surface area contributed by atoms with Gasteiger partial charge in [0, 0.05) is 51.6 Å². The number of halogens is 2. The average Bonchev–Trinajstić information content (AvgIpc) is 3.59. The lowest BCUT2D eigenvalue weighted by atomic mass is 10.0. The van der Waals surface area contributed by atoms with Crippen molar-refractivity contribution in [1.29, 1.82) is 0 Å². The van der Waals surface area contributed by atoms with Gasteiger partial charge in [0.05, 0.1) is 11.4 Å². The van der Waals surface area contributed by atoms with Crippen LogP contribution in [0.15, 0.2) is 58.3 Å². The molecule has 45 heavy (non-hydrogen) atoms. The maximum absolute atomic E-state index is 12.3. The minimum atomic E-state index is -0.941. The van der Waals surface area contributed by atoms with Crippen molar-refractivity contribution in [3.63, 3.8) is 0 Å². The molecule has 0 fully saturated rings. The summed E-state index contributed by atoms with van der Waals surface area (Å²) in [5.74, 6) is -2.46. The van der Waals surface area contributed by atoms with Crippen LogP contribution in [0, 0.1) is 13.8 Å². The van der Waals surface area contributed by atoms with Gasteiger partial charge >= 0.3 is 11.9 Å². The number of nitrogens with zero attached hydrogens (tertiary/aromatic N) is 1. The molecule has 0 saturated heterocycles. The molecule has 2 aromatic rings. The summed E-state index contributed by atoms with van der Waals surface area (Å²) < 4.78 is 0. The Morgan fingerprint density at radius 2 is 1.36 bits per heavy atom. The number of aliphatic carboxylic acids is 2. The van der Waals surface area contributed by atoms with Crippen LogP contribution in [-0.2, 0) is 32.0 Å². The lowest BCUT2D eigenvalue weighted by Gasteiger charge is -2.02. The second-order valence-corrected chi connectivity index (χ2v) is 10.5. The Balaban J connectivity index is 0.00000353. The fraction of sp³-hybridized carbons (Fsp3) is 0.242. The summed E-state index contributed by atoms with van der Waals surface area (Å²) in [7, 11) is 0. The third-order valence-corrected chi connectivity index (χ3v) is 7.87. The molecule has 2 aromatic heterocycles. The molecule has 0 aromatic carbocycles. The topological polar surface area (TPSA) is 165 Å². The first-order chi connectivity index (χ1) is 20.4. The first-order valence-electron chi connectivity index (χ1n) is 13.8. The Bertz CT molecular complexity index is 1870. The van der Waals surface area contributed by atoms with Gasteiger partial charge in [0.1, 0.15) is 0 Å². The number of carbonyl (C=O) groups is 4. The lowest BCUT2D eigenvalue weighted by molar-refractivity contribution is -0.138. The molecule has 5 N–H and O–H groups in total. The van der Waals surface area contributed by atoms with E-state index in [9.17, 15) is 29.4 Å². The molecule has 2 amide bonds. The van der Waals surface area contributed by atoms with E-state index in [1.807, 2.05) is 19.9 Å². The minimum absolute atomic E-state index is 0. The van der Waals surface area contributed by atoms with E-state index in [0.29, 0.717) is 55.8 Å². The molecular weight excluding hydrogens is 619 g/mol. The average molecular weight is 656 g/mol. The summed E-state index contributed by atoms with van der Waals surface area (Å²) in [4.78, 5) is 58.4. The molecule has 4 heterocycles. The van der Waals surface area contributed by atoms with Crippen LogP contribution in [0.3, 0.4) is 0 Å². The van der Waals surface area contributed by atoms with Crippen molar-refractivity contribution in [3.05, 3.63) is 97.6 Å². The zero-order valence-corrected chi connectivity index (χ0v) is 27.1. The fourth-order valence-corrected chi connectivity index (χ4v) is 5.34. The minimum Gasteiger partial charge on any atom is -0.481 e. The number of H-pyrrole nitrogens is 2. The van der Waals surface area contributed by atoms with Crippen molar-refractivity contribution in [2.75, 3.05) is 0 Å². The van der Waals surface area contributed by atoms with Crippen LogP contribution in [-0.4, -0.2) is 49.6 Å². The van der Waals surface area contributed by atoms with Crippen LogP contribution in [0.25, 0.3) is 18.2 Å². The number of amides is 2. The van der Waals surface area contributed by atoms with Crippen LogP contribution in [0.5, 0.6) is 0 Å². The van der Waals surface area contributed by atoms with Crippen molar-refractivity contribution < 1.29 is 29.4 Å². The zero-order chi connectivity index (χ0) is 31.6. The Kier molecular flexibility index (Phi) is 12.1. The molecule has 10 nitrogen and oxygen atoms in total. The van der Waals surface area contributed by atoms with E-state index in [4.69, 9.17) is 0 Å². The molecule has 4 rings (SSSR count). The summed E-state index contributed by atoms with van der Waals surface area (Å²) in [6.07, 6.45) is 8.80. The molecule has 2 aliphatic rings. The second kappa shape index (κ2) is 14.9. The SMILES string of the molecule is C=CC1=C(C)C(/C=c2/[nH]/c(=C/c3[nH]c(/C=C4/NC(=O)C(C)=C4C=C)c(C)c3CCC(=O)O)c(CCC(=O)O)c2C)=NC1=O.Cl.Cl. The number of allylic oxidation sites excluding steroid dienone is 2. The maximum atomic E-state index is 12.3. The van der Waals surface area contributed by atoms with Crippen LogP contribution in [0.1, 0.15) is 60.3 Å². The number of aliphatic imine (C=N–C) groups is 1. The van der Waals surface area contributed by atoms with Crippen molar-refractivity contribution in [2.24, 2.45) is 4.99 Å². The third kappa shape index (κ3) is 7.53. The molecule has 0 radical (unpaired) electrons. The number of nitrogens with one attached hydrogen (secondary N) is 3. The van der Waals surface area contributed by atoms with Crippen molar-refractivity contribution in [2.45, 2.75) is 53.4 Å². The molecule has 238 valence electrons. The van der Waals surface area contributed by atoms with Gasteiger partial charge in [-0.3, -0.25) is 19.2 Å². The maximum Gasteiger partial charge on any atom is 0.303 e. The molecular formula is C33H36Cl2N4O6. The van der Waals surface area contributed by atoms with E-state index < -0.39 is 11.9 Å². The first kappa shape index (κ1) is 36.5. The standard InChI is InChI=1S/C33H34N4O6.2ClH/c1-7-20-19(6)32(42)37-27(20)14-25-18(5)23(10-12-31(40)41)29(35-25)15-28-22(9-11-30(38)39)17(4)24(34-28)13-26-16(3)21(8-2)33(43)36-26;;/h7-8,13-15,34-35H,1-2,9-12H2,3-6H3,(H,37,42)(H,38,39)(H,40,41);2*1H/b24-13+,27-14+,28-15+;;. The Morgan fingerprint density at radius 1 is 0.756 bits per heavy atom. The number of aromatic nitrogens is 2. The molecule has 0 spiro atoms. The van der Waals surface area contributed by atoms with Crippen molar-refractivity contribution in [1.82, 2.24) is 15.3 Å². The zero-order valence-electron chi connectivity index (χ0n) is 25.4. The van der Waals surface area contributed by atoms with Gasteiger partial charge < -0.3 is 25.5 Å². The van der Waals surface area contributed by atoms with E-state index in [1.165, 1.54) is 6.08 Å². The number of carboxylic acid groups (broad SMARTS) is 2. The summed E-state index contributed by atoms with van der Waals surface area (Å²) in [6, 6.07) is 0. The lowest BCUT2D eigenvalue weighted by Crippen LogP contribution is -2.15. The highest BCUT2D eigenvalue weighted by Crippen LogP contribution is 2.27. The monoisotopic (exact) mass is 654 g/mol. The predicted molar refractivity (Wildman–Crippen MR) is 179 cm³/mol. The summed E-state index contributed by atoms with van der Waals surface area (Å²) >= 11 is 0. The molecule has 12 heteroatoms.